The zero-order chi connectivity index (χ0) is 15.7. The summed E-state index contributed by atoms with van der Waals surface area (Å²) in [4.78, 5) is 12.8. The second-order valence-electron chi connectivity index (χ2n) is 5.88. The van der Waals surface area contributed by atoms with Crippen LogP contribution in [-0.4, -0.2) is 49.0 Å². The summed E-state index contributed by atoms with van der Waals surface area (Å²) >= 11 is 0. The summed E-state index contributed by atoms with van der Waals surface area (Å²) in [6, 6.07) is 0. The van der Waals surface area contributed by atoms with Gasteiger partial charge in [-0.3, -0.25) is 4.79 Å². The monoisotopic (exact) mass is 327 g/mol. The number of sulfone groups is 1. The van der Waals surface area contributed by atoms with Crippen LogP contribution in [0.15, 0.2) is 0 Å². The van der Waals surface area contributed by atoms with E-state index in [1.54, 1.807) is 0 Å². The number of likely N-dealkylation sites (tertiary alicyclic amines) is 1. The number of rotatable bonds is 4. The Balaban J connectivity index is 1.81. The summed E-state index contributed by atoms with van der Waals surface area (Å²) in [6.45, 7) is 0.102. The molecule has 4 nitrogen and oxygen atoms in total. The zero-order valence-electron chi connectivity index (χ0n) is 11.7. The summed E-state index contributed by atoms with van der Waals surface area (Å²) in [6.07, 6.45) is -1.90. The minimum atomic E-state index is -4.35. The highest BCUT2D eigenvalue weighted by Gasteiger charge is 2.43. The molecule has 1 saturated carbocycles. The Bertz CT molecular complexity index is 477. The van der Waals surface area contributed by atoms with Crippen molar-refractivity contribution in [2.75, 3.05) is 13.1 Å². The molecule has 1 amide bonds. The first kappa shape index (κ1) is 16.6. The first-order valence-corrected chi connectivity index (χ1v) is 8.88. The van der Waals surface area contributed by atoms with E-state index in [4.69, 9.17) is 0 Å². The Morgan fingerprint density at radius 2 is 1.62 bits per heavy atom. The van der Waals surface area contributed by atoms with E-state index in [-0.39, 0.29) is 18.3 Å². The maximum atomic E-state index is 12.3. The lowest BCUT2D eigenvalue weighted by Gasteiger charge is -2.41. The van der Waals surface area contributed by atoms with E-state index in [0.717, 1.165) is 19.3 Å². The predicted octanol–water partition coefficient (Wildman–Crippen LogP) is 2.29. The lowest BCUT2D eigenvalue weighted by Crippen LogP contribution is -2.58. The van der Waals surface area contributed by atoms with Gasteiger partial charge in [0.15, 0.2) is 9.84 Å². The van der Waals surface area contributed by atoms with Gasteiger partial charge in [0.1, 0.15) is 0 Å². The third-order valence-electron chi connectivity index (χ3n) is 4.30. The Morgan fingerprint density at radius 3 is 2.14 bits per heavy atom. The molecule has 2 rings (SSSR count). The maximum Gasteiger partial charge on any atom is 0.389 e. The molecule has 2 aliphatic rings. The Labute approximate surface area is 122 Å². The van der Waals surface area contributed by atoms with Crippen LogP contribution in [0.4, 0.5) is 13.2 Å². The summed E-state index contributed by atoms with van der Waals surface area (Å²) in [7, 11) is -3.25. The highest BCUT2D eigenvalue weighted by molar-refractivity contribution is 7.92. The number of halogens is 3. The minimum absolute atomic E-state index is 0.0511. The van der Waals surface area contributed by atoms with Crippen molar-refractivity contribution in [1.82, 2.24) is 4.90 Å². The molecule has 1 aliphatic heterocycles. The van der Waals surface area contributed by atoms with Crippen molar-refractivity contribution in [1.29, 1.82) is 0 Å². The molecule has 0 atom stereocenters. The normalized spacial score (nSPS) is 22.1. The number of amides is 1. The van der Waals surface area contributed by atoms with Crippen molar-refractivity contribution >= 4 is 15.7 Å². The molecule has 1 saturated heterocycles. The van der Waals surface area contributed by atoms with Crippen molar-refractivity contribution in [3.05, 3.63) is 0 Å². The lowest BCUT2D eigenvalue weighted by atomic mass is 10.0. The lowest BCUT2D eigenvalue weighted by molar-refractivity contribution is -0.150. The minimum Gasteiger partial charge on any atom is -0.340 e. The van der Waals surface area contributed by atoms with Gasteiger partial charge in [0.2, 0.25) is 5.91 Å². The molecule has 0 aromatic carbocycles. The summed E-state index contributed by atoms with van der Waals surface area (Å²) in [5, 5.41) is -0.917. The maximum absolute atomic E-state index is 12.3. The first-order valence-electron chi connectivity index (χ1n) is 7.27. The van der Waals surface area contributed by atoms with Gasteiger partial charge in [-0.15, -0.1) is 0 Å². The SMILES string of the molecule is O=C(CCC(F)(F)F)N1CC(S(=O)(=O)C2CCCCC2)C1. The largest absolute Gasteiger partial charge is 0.389 e. The third-order valence-corrected chi connectivity index (χ3v) is 6.93. The number of nitrogens with zero attached hydrogens (tertiary/aromatic N) is 1. The summed E-state index contributed by atoms with van der Waals surface area (Å²) in [5.41, 5.74) is 0. The molecule has 0 aromatic rings. The summed E-state index contributed by atoms with van der Waals surface area (Å²) in [5.74, 6) is -0.609. The summed E-state index contributed by atoms with van der Waals surface area (Å²) < 4.78 is 60.8. The van der Waals surface area contributed by atoms with Crippen LogP contribution in [0, 0.1) is 0 Å². The Kier molecular flexibility index (Phi) is 4.85. The van der Waals surface area contributed by atoms with Crippen LogP contribution in [0.1, 0.15) is 44.9 Å². The second-order valence-corrected chi connectivity index (χ2v) is 8.40. The van der Waals surface area contributed by atoms with Gasteiger partial charge in [0.25, 0.3) is 0 Å². The fourth-order valence-electron chi connectivity index (χ4n) is 2.92. The van der Waals surface area contributed by atoms with Crippen LogP contribution < -0.4 is 0 Å². The molecule has 122 valence electrons. The highest BCUT2D eigenvalue weighted by atomic mass is 32.2. The van der Waals surface area contributed by atoms with Crippen LogP contribution in [0.5, 0.6) is 0 Å². The molecular formula is C13H20F3NO3S. The second kappa shape index (κ2) is 6.14. The molecule has 1 aliphatic carbocycles. The molecule has 0 N–H and O–H groups in total. The predicted molar refractivity (Wildman–Crippen MR) is 71.4 cm³/mol. The van der Waals surface area contributed by atoms with Crippen molar-refractivity contribution in [2.45, 2.75) is 61.6 Å². The number of hydrogen-bond donors (Lipinski definition) is 0. The number of alkyl halides is 3. The average molecular weight is 327 g/mol. The van der Waals surface area contributed by atoms with Gasteiger partial charge < -0.3 is 4.90 Å². The van der Waals surface area contributed by atoms with Crippen molar-refractivity contribution in [3.8, 4) is 0 Å². The van der Waals surface area contributed by atoms with Gasteiger partial charge in [0.05, 0.1) is 16.9 Å². The number of carbonyl (C=O) groups is 1. The number of hydrogen-bond acceptors (Lipinski definition) is 3. The highest BCUT2D eigenvalue weighted by Crippen LogP contribution is 2.30. The fourth-order valence-corrected chi connectivity index (χ4v) is 5.23. The Morgan fingerprint density at radius 1 is 1.05 bits per heavy atom. The molecule has 0 aromatic heterocycles. The van der Waals surface area contributed by atoms with Gasteiger partial charge in [0, 0.05) is 19.5 Å². The van der Waals surface area contributed by atoms with Gasteiger partial charge in [-0.1, -0.05) is 19.3 Å². The molecule has 2 fully saturated rings. The van der Waals surface area contributed by atoms with E-state index < -0.39 is 40.0 Å². The van der Waals surface area contributed by atoms with E-state index in [9.17, 15) is 26.4 Å². The van der Waals surface area contributed by atoms with Crippen LogP contribution in [0.25, 0.3) is 0 Å². The zero-order valence-corrected chi connectivity index (χ0v) is 12.5. The molecule has 0 spiro atoms. The van der Waals surface area contributed by atoms with Gasteiger partial charge >= 0.3 is 6.18 Å². The van der Waals surface area contributed by atoms with Gasteiger partial charge in [-0.05, 0) is 12.8 Å². The van der Waals surface area contributed by atoms with Gasteiger partial charge in [-0.25, -0.2) is 8.42 Å². The van der Waals surface area contributed by atoms with E-state index in [1.807, 2.05) is 0 Å². The van der Waals surface area contributed by atoms with E-state index in [0.29, 0.717) is 12.8 Å². The smallest absolute Gasteiger partial charge is 0.340 e. The quantitative estimate of drug-likeness (QED) is 0.796. The van der Waals surface area contributed by atoms with Crippen LogP contribution in [-0.2, 0) is 14.6 Å². The van der Waals surface area contributed by atoms with Crippen LogP contribution >= 0.6 is 0 Å². The standard InChI is InChI=1S/C13H20F3NO3S/c14-13(15,16)7-6-12(18)17-8-11(9-17)21(19,20)10-4-2-1-3-5-10/h10-11H,1-9H2. The van der Waals surface area contributed by atoms with Crippen molar-refractivity contribution in [3.63, 3.8) is 0 Å². The topological polar surface area (TPSA) is 54.5 Å². The van der Waals surface area contributed by atoms with E-state index in [1.165, 1.54) is 4.90 Å². The van der Waals surface area contributed by atoms with Crippen LogP contribution in [0.2, 0.25) is 0 Å². The fraction of sp³-hybridized carbons (Fsp3) is 0.923. The number of carbonyl (C=O) groups excluding carboxylic acids is 1. The van der Waals surface area contributed by atoms with Crippen molar-refractivity contribution < 1.29 is 26.4 Å². The molecule has 8 heteroatoms. The molecule has 1 heterocycles. The molecule has 0 unspecified atom stereocenters. The molecule has 0 radical (unpaired) electrons. The molecule has 0 bridgehead atoms. The van der Waals surface area contributed by atoms with Crippen LogP contribution in [0.3, 0.4) is 0 Å². The molecular weight excluding hydrogens is 307 g/mol. The van der Waals surface area contributed by atoms with E-state index in [2.05, 4.69) is 0 Å². The third kappa shape index (κ3) is 4.11. The first-order chi connectivity index (χ1) is 9.70. The van der Waals surface area contributed by atoms with Gasteiger partial charge in [-0.2, -0.15) is 13.2 Å². The molecule has 21 heavy (non-hydrogen) atoms. The Hall–Kier alpha value is -0.790. The van der Waals surface area contributed by atoms with E-state index >= 15 is 0 Å². The van der Waals surface area contributed by atoms with Crippen molar-refractivity contribution in [2.24, 2.45) is 0 Å². The average Bonchev–Trinajstić information content (AvgIpc) is 2.34.